The first kappa shape index (κ1) is 20.0. The van der Waals surface area contributed by atoms with Crippen molar-refractivity contribution in [3.05, 3.63) is 74.7 Å². The molecule has 0 unspecified atom stereocenters. The third-order valence-corrected chi connectivity index (χ3v) is 5.24. The van der Waals surface area contributed by atoms with Crippen LogP contribution in [-0.2, 0) is 13.0 Å². The number of benzene rings is 2. The number of fused-ring (bicyclic) bond motifs is 1. The average molecular weight is 451 g/mol. The highest BCUT2D eigenvalue weighted by Gasteiger charge is 2.13. The lowest BCUT2D eigenvalue weighted by atomic mass is 10.1. The molecular formula is C20H18Cl3N5O. The number of H-pyrrole nitrogens is 1. The van der Waals surface area contributed by atoms with E-state index in [2.05, 4.69) is 20.3 Å². The molecule has 2 aromatic heterocycles. The van der Waals surface area contributed by atoms with Crippen LogP contribution < -0.4 is 5.32 Å². The fourth-order valence-electron chi connectivity index (χ4n) is 3.12. The Balaban J connectivity index is 1.61. The number of rotatable bonds is 7. The summed E-state index contributed by atoms with van der Waals surface area (Å²) in [7, 11) is 0. The van der Waals surface area contributed by atoms with E-state index in [4.69, 9.17) is 34.8 Å². The lowest BCUT2D eigenvalue weighted by molar-refractivity contribution is 0.310. The first-order chi connectivity index (χ1) is 14.0. The Hall–Kier alpha value is -2.25. The SMILES string of the molecule is OCCNc1nc(Cc2ccc(Cl)cc2Cl)cn1Cc1nc2ccc(Cl)cc2[nH]1. The van der Waals surface area contributed by atoms with Crippen molar-refractivity contribution >= 4 is 51.8 Å². The molecular weight excluding hydrogens is 433 g/mol. The summed E-state index contributed by atoms with van der Waals surface area (Å²) in [5.74, 6) is 1.43. The van der Waals surface area contributed by atoms with E-state index in [0.29, 0.717) is 40.5 Å². The molecule has 6 nitrogen and oxygen atoms in total. The third-order valence-electron chi connectivity index (χ3n) is 4.42. The van der Waals surface area contributed by atoms with Crippen LogP contribution in [0.25, 0.3) is 11.0 Å². The van der Waals surface area contributed by atoms with Crippen LogP contribution in [0.5, 0.6) is 0 Å². The van der Waals surface area contributed by atoms with Crippen molar-refractivity contribution in [2.45, 2.75) is 13.0 Å². The lowest BCUT2D eigenvalue weighted by Gasteiger charge is -2.06. The van der Waals surface area contributed by atoms with Gasteiger partial charge in [-0.3, -0.25) is 0 Å². The number of aromatic nitrogens is 4. The number of aliphatic hydroxyl groups is 1. The summed E-state index contributed by atoms with van der Waals surface area (Å²) in [4.78, 5) is 12.6. The lowest BCUT2D eigenvalue weighted by Crippen LogP contribution is -2.12. The van der Waals surface area contributed by atoms with Gasteiger partial charge < -0.3 is 20.0 Å². The molecule has 4 rings (SSSR count). The molecule has 29 heavy (non-hydrogen) atoms. The zero-order valence-electron chi connectivity index (χ0n) is 15.3. The zero-order chi connectivity index (χ0) is 20.4. The molecule has 0 radical (unpaired) electrons. The molecule has 0 saturated carbocycles. The van der Waals surface area contributed by atoms with E-state index in [9.17, 15) is 5.11 Å². The molecule has 0 bridgehead atoms. The van der Waals surface area contributed by atoms with Crippen molar-refractivity contribution in [3.8, 4) is 0 Å². The molecule has 0 fully saturated rings. The maximum Gasteiger partial charge on any atom is 0.203 e. The molecule has 0 atom stereocenters. The number of halogens is 3. The van der Waals surface area contributed by atoms with Crippen LogP contribution in [0.2, 0.25) is 15.1 Å². The van der Waals surface area contributed by atoms with Crippen LogP contribution >= 0.6 is 34.8 Å². The monoisotopic (exact) mass is 449 g/mol. The number of nitrogens with zero attached hydrogens (tertiary/aromatic N) is 3. The van der Waals surface area contributed by atoms with Gasteiger partial charge in [-0.1, -0.05) is 40.9 Å². The predicted molar refractivity (Wildman–Crippen MR) is 117 cm³/mol. The number of nitrogens with one attached hydrogen (secondary N) is 2. The molecule has 3 N–H and O–H groups in total. The van der Waals surface area contributed by atoms with E-state index in [1.54, 1.807) is 6.07 Å². The van der Waals surface area contributed by atoms with Crippen molar-refractivity contribution in [1.29, 1.82) is 0 Å². The molecule has 0 amide bonds. The van der Waals surface area contributed by atoms with Crippen molar-refractivity contribution in [3.63, 3.8) is 0 Å². The fourth-order valence-corrected chi connectivity index (χ4v) is 3.76. The Labute approximate surface area is 182 Å². The van der Waals surface area contributed by atoms with Gasteiger partial charge in [-0.05, 0) is 35.9 Å². The summed E-state index contributed by atoms with van der Waals surface area (Å²) in [5.41, 5.74) is 3.51. The molecule has 0 aliphatic rings. The zero-order valence-corrected chi connectivity index (χ0v) is 17.6. The normalized spacial score (nSPS) is 11.3. The van der Waals surface area contributed by atoms with Crippen LogP contribution in [0.1, 0.15) is 17.1 Å². The molecule has 2 heterocycles. The van der Waals surface area contributed by atoms with Gasteiger partial charge in [0.05, 0.1) is 29.9 Å². The van der Waals surface area contributed by atoms with Gasteiger partial charge in [0.25, 0.3) is 0 Å². The van der Waals surface area contributed by atoms with Crippen LogP contribution in [0, 0.1) is 0 Å². The quantitative estimate of drug-likeness (QED) is 0.379. The Morgan fingerprint density at radius 3 is 2.62 bits per heavy atom. The summed E-state index contributed by atoms with van der Waals surface area (Å²) in [6, 6.07) is 11.0. The Bertz CT molecular complexity index is 1150. The Kier molecular flexibility index (Phi) is 5.96. The topological polar surface area (TPSA) is 78.8 Å². The van der Waals surface area contributed by atoms with Gasteiger partial charge in [-0.25, -0.2) is 9.97 Å². The number of hydrogen-bond donors (Lipinski definition) is 3. The van der Waals surface area contributed by atoms with E-state index in [0.717, 1.165) is 28.1 Å². The Morgan fingerprint density at radius 1 is 1.03 bits per heavy atom. The minimum atomic E-state index is 0.00828. The fraction of sp³-hybridized carbons (Fsp3) is 0.200. The van der Waals surface area contributed by atoms with Crippen LogP contribution in [0.15, 0.2) is 42.6 Å². The summed E-state index contributed by atoms with van der Waals surface area (Å²) >= 11 is 18.3. The van der Waals surface area contributed by atoms with Gasteiger partial charge >= 0.3 is 0 Å². The van der Waals surface area contributed by atoms with E-state index >= 15 is 0 Å². The summed E-state index contributed by atoms with van der Waals surface area (Å²) < 4.78 is 1.95. The standard InChI is InChI=1S/C20H18Cl3N5O/c21-13-2-1-12(16(23)8-13)7-15-10-28(20(25-15)24-5-6-29)11-19-26-17-4-3-14(22)9-18(17)27-19/h1-4,8-10,29H,5-7,11H2,(H,24,25)(H,26,27). The van der Waals surface area contributed by atoms with Crippen molar-refractivity contribution in [2.75, 3.05) is 18.5 Å². The van der Waals surface area contributed by atoms with E-state index in [1.807, 2.05) is 41.1 Å². The second-order valence-corrected chi connectivity index (χ2v) is 7.87. The molecule has 0 aliphatic heterocycles. The van der Waals surface area contributed by atoms with Crippen molar-refractivity contribution in [2.24, 2.45) is 0 Å². The number of imidazole rings is 2. The predicted octanol–water partition coefficient (Wildman–Crippen LogP) is 4.76. The highest BCUT2D eigenvalue weighted by molar-refractivity contribution is 6.35. The number of hydrogen-bond acceptors (Lipinski definition) is 4. The molecule has 0 saturated heterocycles. The Morgan fingerprint density at radius 2 is 1.83 bits per heavy atom. The van der Waals surface area contributed by atoms with Crippen LogP contribution in [0.4, 0.5) is 5.95 Å². The molecule has 0 spiro atoms. The molecule has 150 valence electrons. The smallest absolute Gasteiger partial charge is 0.203 e. The first-order valence-corrected chi connectivity index (χ1v) is 10.1. The molecule has 4 aromatic rings. The number of anilines is 1. The maximum atomic E-state index is 9.17. The van der Waals surface area contributed by atoms with Crippen LogP contribution in [-0.4, -0.2) is 37.8 Å². The van der Waals surface area contributed by atoms with Crippen LogP contribution in [0.3, 0.4) is 0 Å². The molecule has 0 aliphatic carbocycles. The largest absolute Gasteiger partial charge is 0.395 e. The third kappa shape index (κ3) is 4.67. The van der Waals surface area contributed by atoms with Crippen molar-refractivity contribution < 1.29 is 5.11 Å². The molecule has 9 heteroatoms. The minimum Gasteiger partial charge on any atom is -0.395 e. The summed E-state index contributed by atoms with van der Waals surface area (Å²) in [5, 5.41) is 14.2. The van der Waals surface area contributed by atoms with E-state index < -0.39 is 0 Å². The van der Waals surface area contributed by atoms with Gasteiger partial charge in [0.1, 0.15) is 5.82 Å². The van der Waals surface area contributed by atoms with Gasteiger partial charge in [-0.2, -0.15) is 0 Å². The second kappa shape index (κ2) is 8.63. The van der Waals surface area contributed by atoms with Crippen molar-refractivity contribution in [1.82, 2.24) is 19.5 Å². The number of aliphatic hydroxyl groups excluding tert-OH is 1. The van der Waals surface area contributed by atoms with E-state index in [1.165, 1.54) is 0 Å². The average Bonchev–Trinajstić information content (AvgIpc) is 3.25. The first-order valence-electron chi connectivity index (χ1n) is 9.00. The highest BCUT2D eigenvalue weighted by atomic mass is 35.5. The summed E-state index contributed by atoms with van der Waals surface area (Å²) in [6.07, 6.45) is 2.51. The molecule has 2 aromatic carbocycles. The van der Waals surface area contributed by atoms with Gasteiger partial charge in [0.15, 0.2) is 0 Å². The van der Waals surface area contributed by atoms with Gasteiger partial charge in [0.2, 0.25) is 5.95 Å². The highest BCUT2D eigenvalue weighted by Crippen LogP contribution is 2.24. The minimum absolute atomic E-state index is 0.00828. The van der Waals surface area contributed by atoms with E-state index in [-0.39, 0.29) is 6.61 Å². The second-order valence-electron chi connectivity index (χ2n) is 6.59. The van der Waals surface area contributed by atoms with Gasteiger partial charge in [0, 0.05) is 34.2 Å². The number of aromatic amines is 1. The summed E-state index contributed by atoms with van der Waals surface area (Å²) in [6.45, 7) is 0.893. The van der Waals surface area contributed by atoms with Gasteiger partial charge in [-0.15, -0.1) is 0 Å². The maximum absolute atomic E-state index is 9.17.